The van der Waals surface area contributed by atoms with Crippen LogP contribution in [0.5, 0.6) is 0 Å². The average molecular weight is 541 g/mol. The number of esters is 1. The molecule has 6 N–H and O–H groups in total. The van der Waals surface area contributed by atoms with Gasteiger partial charge in [-0.15, -0.1) is 0 Å². The number of ether oxygens (including phenoxy) is 1. The van der Waals surface area contributed by atoms with Gasteiger partial charge in [-0.3, -0.25) is 4.79 Å². The van der Waals surface area contributed by atoms with Crippen LogP contribution in [0.1, 0.15) is 36.5 Å². The molecule has 0 radical (unpaired) electrons. The molecule has 11 heteroatoms. The summed E-state index contributed by atoms with van der Waals surface area (Å²) in [6.07, 6.45) is 3.03. The van der Waals surface area contributed by atoms with Crippen LogP contribution >= 0.6 is 23.2 Å². The number of carboxylic acid groups (broad SMARTS) is 2. The van der Waals surface area contributed by atoms with Crippen LogP contribution in [-0.2, 0) is 25.5 Å². The topological polar surface area (TPSA) is 159 Å². The monoisotopic (exact) mass is 540 g/mol. The molecular weight excluding hydrogens is 511 g/mol. The fraction of sp³-hybridized carbons (Fsp3) is 0.320. The van der Waals surface area contributed by atoms with Crippen molar-refractivity contribution in [1.29, 1.82) is 0 Å². The van der Waals surface area contributed by atoms with Crippen LogP contribution in [0.15, 0.2) is 54.6 Å². The van der Waals surface area contributed by atoms with Crippen LogP contribution in [-0.4, -0.2) is 52.9 Å². The normalized spacial score (nSPS) is 11.4. The smallest absolute Gasteiger partial charge is 0.328 e. The van der Waals surface area contributed by atoms with E-state index in [1.54, 1.807) is 12.1 Å². The largest absolute Gasteiger partial charge is 0.478 e. The Morgan fingerprint density at radius 1 is 1.00 bits per heavy atom. The van der Waals surface area contributed by atoms with Crippen molar-refractivity contribution in [3.05, 3.63) is 75.8 Å². The number of rotatable bonds is 13. The van der Waals surface area contributed by atoms with Crippen molar-refractivity contribution in [3.63, 3.8) is 0 Å². The van der Waals surface area contributed by atoms with Gasteiger partial charge >= 0.3 is 17.9 Å². The summed E-state index contributed by atoms with van der Waals surface area (Å²) >= 11 is 12.0. The lowest BCUT2D eigenvalue weighted by molar-refractivity contribution is -0.143. The molecule has 0 aromatic heterocycles. The number of carbonyl (C=O) groups is 3. The molecule has 2 aromatic carbocycles. The van der Waals surface area contributed by atoms with Gasteiger partial charge in [-0.25, -0.2) is 9.59 Å². The van der Waals surface area contributed by atoms with E-state index in [1.165, 1.54) is 0 Å². The molecule has 2 rings (SSSR count). The maximum Gasteiger partial charge on any atom is 0.328 e. The Labute approximate surface area is 219 Å². The molecule has 0 aliphatic carbocycles. The van der Waals surface area contributed by atoms with E-state index in [2.05, 4.69) is 5.32 Å². The van der Waals surface area contributed by atoms with Gasteiger partial charge in [-0.1, -0.05) is 53.5 Å². The maximum atomic E-state index is 11.7. The Bertz CT molecular complexity index is 978. The van der Waals surface area contributed by atoms with E-state index in [0.29, 0.717) is 59.6 Å². The number of aliphatic hydroxyl groups is 1. The third-order valence-corrected chi connectivity index (χ3v) is 5.30. The number of hydrogen-bond donors (Lipinski definition) is 5. The predicted molar refractivity (Wildman–Crippen MR) is 138 cm³/mol. The lowest BCUT2D eigenvalue weighted by atomic mass is 10.1. The minimum absolute atomic E-state index is 0.179. The van der Waals surface area contributed by atoms with Crippen molar-refractivity contribution >= 4 is 46.8 Å². The van der Waals surface area contributed by atoms with E-state index >= 15 is 0 Å². The van der Waals surface area contributed by atoms with E-state index in [9.17, 15) is 19.5 Å². The number of aliphatic carboxylic acids is 2. The van der Waals surface area contributed by atoms with Crippen LogP contribution in [0.4, 0.5) is 5.69 Å². The van der Waals surface area contributed by atoms with Gasteiger partial charge in [-0.05, 0) is 42.6 Å². The quantitative estimate of drug-likeness (QED) is 0.110. The number of halogens is 2. The summed E-state index contributed by atoms with van der Waals surface area (Å²) in [5.74, 6) is -2.69. The zero-order chi connectivity index (χ0) is 26.9. The van der Waals surface area contributed by atoms with Crippen LogP contribution in [0.3, 0.4) is 0 Å². The van der Waals surface area contributed by atoms with Gasteiger partial charge in [0, 0.05) is 31.5 Å². The molecule has 0 bridgehead atoms. The first-order chi connectivity index (χ1) is 17.1. The highest BCUT2D eigenvalue weighted by atomic mass is 35.5. The zero-order valence-corrected chi connectivity index (χ0v) is 21.0. The molecular formula is C25H30Cl2N2O7. The highest BCUT2D eigenvalue weighted by molar-refractivity contribution is 6.38. The van der Waals surface area contributed by atoms with Crippen LogP contribution in [0.2, 0.25) is 10.0 Å². The molecule has 0 aliphatic heterocycles. The first-order valence-corrected chi connectivity index (χ1v) is 11.8. The molecule has 0 fully saturated rings. The minimum Gasteiger partial charge on any atom is -0.478 e. The lowest BCUT2D eigenvalue weighted by Gasteiger charge is -2.14. The number of aliphatic hydroxyl groups excluding tert-OH is 1. The number of benzene rings is 2. The molecule has 9 nitrogen and oxygen atoms in total. The molecule has 196 valence electrons. The Hall–Kier alpha value is -3.11. The zero-order valence-electron chi connectivity index (χ0n) is 19.5. The van der Waals surface area contributed by atoms with Crippen molar-refractivity contribution in [2.45, 2.75) is 31.8 Å². The predicted octanol–water partition coefficient (Wildman–Crippen LogP) is 3.87. The van der Waals surface area contributed by atoms with Crippen molar-refractivity contribution in [3.8, 4) is 0 Å². The van der Waals surface area contributed by atoms with Crippen LogP contribution in [0.25, 0.3) is 0 Å². The first kappa shape index (κ1) is 30.9. The summed E-state index contributed by atoms with van der Waals surface area (Å²) in [6.45, 7) is 1.45. The standard InChI is InChI=1S/C21H26Cl2N2O3.C4H4O4/c22-17-12-16(13-18(23)21(17)24)19(26)14-25-10-5-4-8-20(27)28-11-9-15-6-2-1-3-7-15;5-3(6)1-2-4(7)8/h1-3,6-7,12-13,19,25-26H,4-5,8-11,14,24H2;1-2H,(H,5,6)(H,7,8). The summed E-state index contributed by atoms with van der Waals surface area (Å²) < 4.78 is 5.25. The molecule has 0 heterocycles. The van der Waals surface area contributed by atoms with Gasteiger partial charge in [0.15, 0.2) is 0 Å². The van der Waals surface area contributed by atoms with Gasteiger partial charge in [0.2, 0.25) is 0 Å². The lowest BCUT2D eigenvalue weighted by Crippen LogP contribution is -2.22. The SMILES string of the molecule is Nc1c(Cl)cc(C(O)CNCCCCC(=O)OCCc2ccccc2)cc1Cl.O=C(O)C=CC(=O)O. The Morgan fingerprint density at radius 3 is 2.14 bits per heavy atom. The molecule has 2 aromatic rings. The Kier molecular flexibility index (Phi) is 14.9. The number of nitrogens with two attached hydrogens (primary N) is 1. The van der Waals surface area contributed by atoms with Crippen molar-refractivity contribution in [1.82, 2.24) is 5.32 Å². The molecule has 1 atom stereocenters. The minimum atomic E-state index is -1.26. The number of nitrogens with one attached hydrogen (secondary N) is 1. The van der Waals surface area contributed by atoms with E-state index in [4.69, 9.17) is 43.9 Å². The van der Waals surface area contributed by atoms with E-state index < -0.39 is 18.0 Å². The fourth-order valence-electron chi connectivity index (χ4n) is 2.81. The molecule has 0 saturated carbocycles. The third-order valence-electron chi connectivity index (χ3n) is 4.67. The van der Waals surface area contributed by atoms with Crippen LogP contribution in [0, 0.1) is 0 Å². The van der Waals surface area contributed by atoms with Gasteiger partial charge in [-0.2, -0.15) is 0 Å². The number of nitrogen functional groups attached to an aromatic ring is 1. The van der Waals surface area contributed by atoms with Crippen molar-refractivity contribution in [2.24, 2.45) is 0 Å². The second kappa shape index (κ2) is 17.3. The second-order valence-electron chi connectivity index (χ2n) is 7.54. The van der Waals surface area contributed by atoms with E-state index in [0.717, 1.165) is 24.8 Å². The van der Waals surface area contributed by atoms with Crippen molar-refractivity contribution < 1.29 is 34.4 Å². The molecule has 36 heavy (non-hydrogen) atoms. The summed E-state index contributed by atoms with van der Waals surface area (Å²) in [4.78, 5) is 30.8. The molecule has 0 saturated heterocycles. The highest BCUT2D eigenvalue weighted by Crippen LogP contribution is 2.31. The number of unbranched alkanes of at least 4 members (excludes halogenated alkanes) is 1. The van der Waals surface area contributed by atoms with Crippen molar-refractivity contribution in [2.75, 3.05) is 25.4 Å². The first-order valence-electron chi connectivity index (χ1n) is 11.1. The molecule has 1 unspecified atom stereocenters. The van der Waals surface area contributed by atoms with Gasteiger partial charge < -0.3 is 31.1 Å². The molecule has 0 aliphatic rings. The van der Waals surface area contributed by atoms with Crippen LogP contribution < -0.4 is 11.1 Å². The second-order valence-corrected chi connectivity index (χ2v) is 8.36. The maximum absolute atomic E-state index is 11.7. The van der Waals surface area contributed by atoms with Gasteiger partial charge in [0.1, 0.15) is 0 Å². The molecule has 0 amide bonds. The molecule has 0 spiro atoms. The van der Waals surface area contributed by atoms with E-state index in [-0.39, 0.29) is 5.97 Å². The Balaban J connectivity index is 0.000000697. The number of anilines is 1. The van der Waals surface area contributed by atoms with E-state index in [1.807, 2.05) is 30.3 Å². The number of carboxylic acids is 2. The van der Waals surface area contributed by atoms with Gasteiger partial charge in [0.05, 0.1) is 28.4 Å². The Morgan fingerprint density at radius 2 is 1.58 bits per heavy atom. The summed E-state index contributed by atoms with van der Waals surface area (Å²) in [6, 6.07) is 13.2. The summed E-state index contributed by atoms with van der Waals surface area (Å²) in [5.41, 5.74) is 7.76. The number of hydrogen-bond acceptors (Lipinski definition) is 7. The third kappa shape index (κ3) is 13.7. The summed E-state index contributed by atoms with van der Waals surface area (Å²) in [7, 11) is 0. The average Bonchev–Trinajstić information content (AvgIpc) is 2.84. The number of carbonyl (C=O) groups excluding carboxylic acids is 1. The van der Waals surface area contributed by atoms with Gasteiger partial charge in [0.25, 0.3) is 0 Å². The fourth-order valence-corrected chi connectivity index (χ4v) is 3.32. The summed E-state index contributed by atoms with van der Waals surface area (Å²) in [5, 5.41) is 29.6. The highest BCUT2D eigenvalue weighted by Gasteiger charge is 2.12.